The van der Waals surface area contributed by atoms with Crippen LogP contribution in [0, 0.1) is 0 Å². The first kappa shape index (κ1) is 19.4. The van der Waals surface area contributed by atoms with E-state index in [2.05, 4.69) is 10.6 Å². The number of nitrogens with zero attached hydrogens (tertiary/aromatic N) is 1. The number of para-hydroxylation sites is 1. The van der Waals surface area contributed by atoms with Gasteiger partial charge in [0.1, 0.15) is 11.4 Å². The van der Waals surface area contributed by atoms with Gasteiger partial charge >= 0.3 is 16.2 Å². The normalized spacial score (nSPS) is 14.9. The molecule has 9 nitrogen and oxygen atoms in total. The molecule has 0 atom stereocenters. The second-order valence-corrected chi connectivity index (χ2v) is 7.64. The van der Waals surface area contributed by atoms with Crippen LogP contribution in [0.15, 0.2) is 60.6 Å². The van der Waals surface area contributed by atoms with Crippen LogP contribution in [0.5, 0.6) is 5.75 Å². The summed E-state index contributed by atoms with van der Waals surface area (Å²) in [6, 6.07) is 13.4. The topological polar surface area (TPSA) is 131 Å². The highest BCUT2D eigenvalue weighted by Crippen LogP contribution is 2.32. The van der Waals surface area contributed by atoms with Gasteiger partial charge in [0.05, 0.1) is 6.20 Å². The molecule has 0 aromatic heterocycles. The summed E-state index contributed by atoms with van der Waals surface area (Å²) in [5.41, 5.74) is 1.51. The van der Waals surface area contributed by atoms with E-state index in [0.29, 0.717) is 25.1 Å². The highest BCUT2D eigenvalue weighted by molar-refractivity contribution is 7.91. The van der Waals surface area contributed by atoms with Crippen molar-refractivity contribution < 1.29 is 23.4 Å². The van der Waals surface area contributed by atoms with Gasteiger partial charge < -0.3 is 20.8 Å². The Balaban J connectivity index is 1.51. The Morgan fingerprint density at radius 1 is 1.11 bits per heavy atom. The molecule has 2 amide bonds. The molecule has 2 aromatic carbocycles. The number of hydrogen-bond acceptors (Lipinski definition) is 5. The molecule has 0 saturated carbocycles. The lowest BCUT2D eigenvalue weighted by molar-refractivity contribution is 0.252. The molecule has 2 aromatic rings. The number of amides is 2. The number of phenolic OH excluding ortho intramolecular Hbond substituents is 1. The molecule has 0 bridgehead atoms. The molecule has 0 aliphatic carbocycles. The number of aliphatic hydroxyl groups excluding tert-OH is 1. The van der Waals surface area contributed by atoms with E-state index in [1.165, 1.54) is 12.1 Å². The fourth-order valence-corrected chi connectivity index (χ4v) is 3.76. The highest BCUT2D eigenvalue weighted by atomic mass is 32.2. The fraction of sp³-hybridized carbons (Fsp3) is 0.167. The summed E-state index contributed by atoms with van der Waals surface area (Å²) >= 11 is 0. The lowest BCUT2D eigenvalue weighted by atomic mass is 10.1. The van der Waals surface area contributed by atoms with E-state index in [9.17, 15) is 23.4 Å². The number of urea groups is 1. The zero-order chi connectivity index (χ0) is 20.1. The van der Waals surface area contributed by atoms with Crippen LogP contribution < -0.4 is 19.7 Å². The third-order valence-corrected chi connectivity index (χ3v) is 5.26. The van der Waals surface area contributed by atoms with Crippen LogP contribution in [0.2, 0.25) is 0 Å². The number of aliphatic hydroxyl groups is 1. The Morgan fingerprint density at radius 2 is 1.86 bits per heavy atom. The van der Waals surface area contributed by atoms with E-state index in [1.54, 1.807) is 18.2 Å². The van der Waals surface area contributed by atoms with Crippen LogP contribution in [-0.2, 0) is 16.6 Å². The van der Waals surface area contributed by atoms with Gasteiger partial charge in [0.25, 0.3) is 0 Å². The average molecular weight is 404 g/mol. The second-order valence-electron chi connectivity index (χ2n) is 6.09. The van der Waals surface area contributed by atoms with Crippen LogP contribution >= 0.6 is 0 Å². The molecule has 3 rings (SSSR count). The zero-order valence-electron chi connectivity index (χ0n) is 14.8. The van der Waals surface area contributed by atoms with Gasteiger partial charge in [-0.3, -0.25) is 0 Å². The Labute approximate surface area is 162 Å². The number of benzene rings is 2. The summed E-state index contributed by atoms with van der Waals surface area (Å²) in [6.07, 6.45) is 2.18. The molecule has 148 valence electrons. The monoisotopic (exact) mass is 404 g/mol. The standard InChI is InChI=1S/C18H20N4O5S/c23-16-11-13(8-9-15(16)22-12-17(24)21-28(22,26)27)5-4-10-19-18(25)20-14-6-2-1-3-7-14/h1-3,6-9,11-12,21,23-24H,4-5,10H2,(H2,19,20,25). The van der Waals surface area contributed by atoms with Gasteiger partial charge in [0, 0.05) is 12.2 Å². The first-order valence-corrected chi connectivity index (χ1v) is 9.94. The average Bonchev–Trinajstić information content (AvgIpc) is 2.92. The lowest BCUT2D eigenvalue weighted by Crippen LogP contribution is -2.29. The molecule has 1 aliphatic heterocycles. The van der Waals surface area contributed by atoms with Crippen molar-refractivity contribution in [1.82, 2.24) is 10.0 Å². The van der Waals surface area contributed by atoms with Crippen molar-refractivity contribution in [3.05, 3.63) is 66.2 Å². The van der Waals surface area contributed by atoms with Crippen molar-refractivity contribution in [2.45, 2.75) is 12.8 Å². The summed E-state index contributed by atoms with van der Waals surface area (Å²) < 4.78 is 26.4. The molecule has 1 aliphatic rings. The van der Waals surface area contributed by atoms with Gasteiger partial charge in [-0.25, -0.2) is 13.8 Å². The van der Waals surface area contributed by atoms with Gasteiger partial charge in [0.2, 0.25) is 5.88 Å². The molecule has 28 heavy (non-hydrogen) atoms. The number of anilines is 2. The predicted octanol–water partition coefficient (Wildman–Crippen LogP) is 2.16. The summed E-state index contributed by atoms with van der Waals surface area (Å²) in [6.45, 7) is 0.433. The number of nitrogens with one attached hydrogen (secondary N) is 3. The first-order chi connectivity index (χ1) is 13.3. The third kappa shape index (κ3) is 4.65. The van der Waals surface area contributed by atoms with E-state index in [-0.39, 0.29) is 17.5 Å². The van der Waals surface area contributed by atoms with Crippen molar-refractivity contribution in [2.24, 2.45) is 0 Å². The summed E-state index contributed by atoms with van der Waals surface area (Å²) in [5.74, 6) is -0.757. The molecule has 0 spiro atoms. The van der Waals surface area contributed by atoms with Gasteiger partial charge in [0.15, 0.2) is 0 Å². The summed E-state index contributed by atoms with van der Waals surface area (Å²) in [4.78, 5) is 11.8. The largest absolute Gasteiger partial charge is 0.506 e. The molecule has 0 fully saturated rings. The second kappa shape index (κ2) is 8.09. The van der Waals surface area contributed by atoms with Crippen molar-refractivity contribution in [3.8, 4) is 5.75 Å². The van der Waals surface area contributed by atoms with Crippen molar-refractivity contribution in [1.29, 1.82) is 0 Å². The Bertz CT molecular complexity index is 992. The molecular weight excluding hydrogens is 384 g/mol. The first-order valence-electron chi connectivity index (χ1n) is 8.50. The Hall–Kier alpha value is -3.40. The van der Waals surface area contributed by atoms with Gasteiger partial charge in [-0.2, -0.15) is 8.42 Å². The Kier molecular flexibility index (Phi) is 5.59. The maximum Gasteiger partial charge on any atom is 0.330 e. The van der Waals surface area contributed by atoms with E-state index in [4.69, 9.17) is 0 Å². The van der Waals surface area contributed by atoms with E-state index >= 15 is 0 Å². The SMILES string of the molecule is O=C(NCCCc1ccc(N2C=C(O)NS2(=O)=O)c(O)c1)Nc1ccccc1. The molecule has 0 unspecified atom stereocenters. The molecule has 0 saturated heterocycles. The molecule has 5 N–H and O–H groups in total. The lowest BCUT2D eigenvalue weighted by Gasteiger charge is -2.16. The smallest absolute Gasteiger partial charge is 0.330 e. The Morgan fingerprint density at radius 3 is 2.50 bits per heavy atom. The molecule has 1 heterocycles. The summed E-state index contributed by atoms with van der Waals surface area (Å²) in [5, 5.41) is 24.9. The molecular formula is C18H20N4O5S. The van der Waals surface area contributed by atoms with Crippen LogP contribution in [0.4, 0.5) is 16.2 Å². The third-order valence-electron chi connectivity index (χ3n) is 3.97. The minimum atomic E-state index is -3.95. The van der Waals surface area contributed by atoms with Gasteiger partial charge in [-0.1, -0.05) is 24.3 Å². The molecule has 10 heteroatoms. The van der Waals surface area contributed by atoms with Crippen LogP contribution in [0.1, 0.15) is 12.0 Å². The minimum absolute atomic E-state index is 0.0284. The molecule has 0 radical (unpaired) electrons. The van der Waals surface area contributed by atoms with Crippen LogP contribution in [0.3, 0.4) is 0 Å². The quantitative estimate of drug-likeness (QED) is 0.471. The summed E-state index contributed by atoms with van der Waals surface area (Å²) in [7, 11) is -3.95. The van der Waals surface area contributed by atoms with E-state index in [1.807, 2.05) is 22.9 Å². The number of rotatable bonds is 6. The maximum atomic E-state index is 11.9. The highest BCUT2D eigenvalue weighted by Gasteiger charge is 2.30. The van der Waals surface area contributed by atoms with Crippen LogP contribution in [0.25, 0.3) is 0 Å². The van der Waals surface area contributed by atoms with E-state index < -0.39 is 16.1 Å². The van der Waals surface area contributed by atoms with E-state index in [0.717, 1.165) is 16.1 Å². The van der Waals surface area contributed by atoms with Crippen molar-refractivity contribution >= 4 is 27.6 Å². The van der Waals surface area contributed by atoms with Gasteiger partial charge in [-0.15, -0.1) is 0 Å². The van der Waals surface area contributed by atoms with Crippen LogP contribution in [-0.4, -0.2) is 31.2 Å². The number of hydrogen-bond donors (Lipinski definition) is 5. The van der Waals surface area contributed by atoms with Crippen molar-refractivity contribution in [2.75, 3.05) is 16.2 Å². The zero-order valence-corrected chi connectivity index (χ0v) is 15.6. The number of carbonyl (C=O) groups is 1. The fourth-order valence-electron chi connectivity index (χ4n) is 2.69. The number of aromatic hydroxyl groups is 1. The maximum absolute atomic E-state index is 11.9. The number of phenols is 1. The number of carbonyl (C=O) groups excluding carboxylic acids is 1. The predicted molar refractivity (Wildman–Crippen MR) is 105 cm³/mol. The number of aryl methyl sites for hydroxylation is 1. The van der Waals surface area contributed by atoms with Crippen molar-refractivity contribution in [3.63, 3.8) is 0 Å². The van der Waals surface area contributed by atoms with Gasteiger partial charge in [-0.05, 0) is 42.7 Å². The minimum Gasteiger partial charge on any atom is -0.506 e.